The maximum absolute atomic E-state index is 14.7. The molecular weight excluding hydrogens is 557 g/mol. The van der Waals surface area contributed by atoms with Crippen molar-refractivity contribution in [3.63, 3.8) is 0 Å². The van der Waals surface area contributed by atoms with Crippen molar-refractivity contribution in [2.75, 3.05) is 19.6 Å². The molecule has 0 radical (unpaired) electrons. The van der Waals surface area contributed by atoms with Crippen LogP contribution in [0.15, 0.2) is 30.0 Å². The summed E-state index contributed by atoms with van der Waals surface area (Å²) in [5.41, 5.74) is 0.139. The summed E-state index contributed by atoms with van der Waals surface area (Å²) in [4.78, 5) is 55.7. The van der Waals surface area contributed by atoms with Gasteiger partial charge in [-0.15, -0.1) is 5.17 Å². The summed E-state index contributed by atoms with van der Waals surface area (Å²) in [5.74, 6) is -9.57. The Bertz CT molecular complexity index is 1230. The molecule has 218 valence electrons. The Hall–Kier alpha value is -3.85. The van der Waals surface area contributed by atoms with Crippen LogP contribution in [0.2, 0.25) is 0 Å². The van der Waals surface area contributed by atoms with Gasteiger partial charge in [0.15, 0.2) is 5.92 Å². The second-order valence-corrected chi connectivity index (χ2v) is 9.57. The van der Waals surface area contributed by atoms with Crippen molar-refractivity contribution < 1.29 is 54.7 Å². The Balaban J connectivity index is 1.55. The van der Waals surface area contributed by atoms with Crippen LogP contribution in [0, 0.1) is 11.7 Å². The number of nitrogens with zero attached hydrogens (tertiary/aromatic N) is 3. The number of alkyl halides is 6. The molecule has 1 atom stereocenters. The fraction of sp³-hybridized carbons (Fsp3) is 0.500. The van der Waals surface area contributed by atoms with Crippen LogP contribution in [0.25, 0.3) is 0 Å². The van der Waals surface area contributed by atoms with E-state index in [1.807, 2.05) is 0 Å². The third kappa shape index (κ3) is 6.31. The fourth-order valence-corrected chi connectivity index (χ4v) is 4.85. The standard InChI is InChI=1S/C24H23F7N4O5/c25-18-6-5-13(10-16(18)21(38)33-7-8-34(19(36)12-33)14-3-1-2-4-14)9-15-11-17(23(26,27)28)20(37)32-35(15)40-22(39)24(29,30)31/h5-6,10-11,14,17H,1-4,7-9,12H2,(H,32,37). The summed E-state index contributed by atoms with van der Waals surface area (Å²) in [7, 11) is 0. The van der Waals surface area contributed by atoms with Gasteiger partial charge in [-0.3, -0.25) is 14.4 Å². The number of nitrogens with one attached hydrogen (secondary N) is 1. The number of hydrogen-bond donors (Lipinski definition) is 1. The van der Waals surface area contributed by atoms with Crippen molar-refractivity contribution in [2.45, 2.75) is 50.5 Å². The quantitative estimate of drug-likeness (QED) is 0.538. The Labute approximate surface area is 222 Å². The number of hydrogen-bond acceptors (Lipinski definition) is 6. The lowest BCUT2D eigenvalue weighted by molar-refractivity contribution is -0.245. The minimum Gasteiger partial charge on any atom is -0.336 e. The zero-order chi connectivity index (χ0) is 29.4. The maximum atomic E-state index is 14.7. The van der Waals surface area contributed by atoms with Gasteiger partial charge >= 0.3 is 18.3 Å². The monoisotopic (exact) mass is 580 g/mol. The van der Waals surface area contributed by atoms with E-state index in [0.717, 1.165) is 48.8 Å². The van der Waals surface area contributed by atoms with Gasteiger partial charge in [0.1, 0.15) is 12.4 Å². The normalized spacial score (nSPS) is 20.9. The molecule has 1 aromatic rings. The van der Waals surface area contributed by atoms with Gasteiger partial charge in [0, 0.05) is 25.6 Å². The number of piperazine rings is 1. The van der Waals surface area contributed by atoms with Crippen LogP contribution in [0.3, 0.4) is 0 Å². The molecule has 0 bridgehead atoms. The van der Waals surface area contributed by atoms with Crippen LogP contribution in [-0.4, -0.2) is 76.7 Å². The summed E-state index contributed by atoms with van der Waals surface area (Å²) in [6.07, 6.45) is -7.41. The van der Waals surface area contributed by atoms with Crippen LogP contribution < -0.4 is 5.43 Å². The molecule has 40 heavy (non-hydrogen) atoms. The highest BCUT2D eigenvalue weighted by Gasteiger charge is 2.49. The molecule has 1 aliphatic carbocycles. The number of benzene rings is 1. The highest BCUT2D eigenvalue weighted by atomic mass is 19.4. The van der Waals surface area contributed by atoms with E-state index in [1.54, 1.807) is 4.90 Å². The molecule has 1 N–H and O–H groups in total. The highest BCUT2D eigenvalue weighted by molar-refractivity contribution is 5.97. The second kappa shape index (κ2) is 11.0. The van der Waals surface area contributed by atoms with Crippen molar-refractivity contribution in [3.8, 4) is 0 Å². The Morgan fingerprint density at radius 3 is 2.30 bits per heavy atom. The van der Waals surface area contributed by atoms with Gasteiger partial charge in [0.25, 0.3) is 11.8 Å². The number of hydrazine groups is 1. The number of carbonyl (C=O) groups is 4. The Morgan fingerprint density at radius 1 is 1.02 bits per heavy atom. The van der Waals surface area contributed by atoms with Crippen molar-refractivity contribution >= 4 is 23.7 Å². The van der Waals surface area contributed by atoms with Gasteiger partial charge in [0.05, 0.1) is 11.3 Å². The van der Waals surface area contributed by atoms with E-state index in [-0.39, 0.29) is 48.4 Å². The Kier molecular flexibility index (Phi) is 7.99. The predicted molar refractivity (Wildman–Crippen MR) is 120 cm³/mol. The lowest BCUT2D eigenvalue weighted by Gasteiger charge is -2.37. The molecule has 16 heteroatoms. The van der Waals surface area contributed by atoms with Gasteiger partial charge in [-0.1, -0.05) is 18.9 Å². The molecule has 0 aromatic heterocycles. The summed E-state index contributed by atoms with van der Waals surface area (Å²) < 4.78 is 92.7. The lowest BCUT2D eigenvalue weighted by Crippen LogP contribution is -2.55. The molecule has 9 nitrogen and oxygen atoms in total. The first-order valence-corrected chi connectivity index (χ1v) is 12.2. The first-order chi connectivity index (χ1) is 18.6. The third-order valence-electron chi connectivity index (χ3n) is 6.83. The molecule has 0 spiro atoms. The minimum atomic E-state index is -5.54. The first-order valence-electron chi connectivity index (χ1n) is 12.2. The molecule has 1 unspecified atom stereocenters. The topological polar surface area (TPSA) is 99.3 Å². The molecule has 3 aliphatic rings. The third-order valence-corrected chi connectivity index (χ3v) is 6.83. The average molecular weight is 580 g/mol. The van der Waals surface area contributed by atoms with Gasteiger partial charge < -0.3 is 14.6 Å². The molecule has 2 aliphatic heterocycles. The number of amides is 3. The number of allylic oxidation sites excluding steroid dienone is 1. The van der Waals surface area contributed by atoms with E-state index in [4.69, 9.17) is 0 Å². The minimum absolute atomic E-state index is 0.0583. The van der Waals surface area contributed by atoms with Crippen molar-refractivity contribution in [1.82, 2.24) is 20.4 Å². The smallest absolute Gasteiger partial charge is 0.336 e. The van der Waals surface area contributed by atoms with Crippen LogP contribution in [0.4, 0.5) is 30.7 Å². The van der Waals surface area contributed by atoms with Crippen LogP contribution in [0.1, 0.15) is 41.6 Å². The van der Waals surface area contributed by atoms with Gasteiger partial charge in [0.2, 0.25) is 5.91 Å². The van der Waals surface area contributed by atoms with E-state index in [1.165, 1.54) is 5.43 Å². The van der Waals surface area contributed by atoms with Crippen molar-refractivity contribution in [2.24, 2.45) is 5.92 Å². The average Bonchev–Trinajstić information content (AvgIpc) is 3.39. The zero-order valence-corrected chi connectivity index (χ0v) is 20.6. The molecule has 1 saturated heterocycles. The largest absolute Gasteiger partial charge is 0.493 e. The van der Waals surface area contributed by atoms with E-state index < -0.39 is 59.6 Å². The summed E-state index contributed by atoms with van der Waals surface area (Å²) in [5, 5.41) is -0.147. The van der Waals surface area contributed by atoms with E-state index in [2.05, 4.69) is 4.84 Å². The molecule has 3 amide bonds. The van der Waals surface area contributed by atoms with Crippen LogP contribution in [0.5, 0.6) is 0 Å². The van der Waals surface area contributed by atoms with E-state index in [9.17, 15) is 49.9 Å². The second-order valence-electron chi connectivity index (χ2n) is 9.57. The van der Waals surface area contributed by atoms with Gasteiger partial charge in [-0.2, -0.15) is 26.3 Å². The van der Waals surface area contributed by atoms with Crippen molar-refractivity contribution in [3.05, 3.63) is 46.9 Å². The zero-order valence-electron chi connectivity index (χ0n) is 20.6. The fourth-order valence-electron chi connectivity index (χ4n) is 4.85. The lowest BCUT2D eigenvalue weighted by atomic mass is 10.00. The SMILES string of the molecule is O=C1NN(OC(=O)C(F)(F)F)C(Cc2ccc(F)c(C(=O)N3CCN(C4CCCC4)C(=O)C3)c2)=CC1C(F)(F)F. The molecular formula is C24H23F7N4O5. The molecule has 1 aromatic carbocycles. The molecule has 4 rings (SSSR count). The predicted octanol–water partition coefficient (Wildman–Crippen LogP) is 3.02. The summed E-state index contributed by atoms with van der Waals surface area (Å²) >= 11 is 0. The maximum Gasteiger partial charge on any atom is 0.493 e. The van der Waals surface area contributed by atoms with E-state index >= 15 is 0 Å². The van der Waals surface area contributed by atoms with Gasteiger partial charge in [-0.25, -0.2) is 14.6 Å². The van der Waals surface area contributed by atoms with E-state index in [0.29, 0.717) is 0 Å². The number of rotatable bonds is 5. The first kappa shape index (κ1) is 29.1. The number of halogens is 7. The molecule has 2 fully saturated rings. The molecule has 2 heterocycles. The summed E-state index contributed by atoms with van der Waals surface area (Å²) in [6.45, 7) is 0.0719. The number of carbonyl (C=O) groups excluding carboxylic acids is 4. The summed E-state index contributed by atoms with van der Waals surface area (Å²) in [6, 6.07) is 2.94. The van der Waals surface area contributed by atoms with Crippen LogP contribution in [-0.2, 0) is 25.6 Å². The molecule has 1 saturated carbocycles. The highest BCUT2D eigenvalue weighted by Crippen LogP contribution is 2.33. The van der Waals surface area contributed by atoms with Crippen molar-refractivity contribution in [1.29, 1.82) is 0 Å². The van der Waals surface area contributed by atoms with Gasteiger partial charge in [-0.05, 0) is 36.6 Å². The Morgan fingerprint density at radius 2 is 1.70 bits per heavy atom. The number of hydroxylamine groups is 1. The van der Waals surface area contributed by atoms with Crippen LogP contribution >= 0.6 is 0 Å².